The van der Waals surface area contributed by atoms with E-state index >= 15 is 0 Å². The van der Waals surface area contributed by atoms with Gasteiger partial charge in [-0.15, -0.1) is 0 Å². The molecule has 0 fully saturated rings. The molecule has 0 aromatic heterocycles. The molecule has 0 amide bonds. The van der Waals surface area contributed by atoms with Crippen LogP contribution in [0.25, 0.3) is 0 Å². The minimum absolute atomic E-state index is 0.0675. The van der Waals surface area contributed by atoms with Gasteiger partial charge < -0.3 is 9.84 Å². The van der Waals surface area contributed by atoms with E-state index in [0.29, 0.717) is 0 Å². The van der Waals surface area contributed by atoms with E-state index in [1.807, 2.05) is 25.1 Å². The number of benzene rings is 1. The number of ether oxygens (including phenoxy) is 1. The molecule has 1 N–H and O–H groups in total. The zero-order valence-corrected chi connectivity index (χ0v) is 6.79. The summed E-state index contributed by atoms with van der Waals surface area (Å²) < 4.78 is 5.03. The molecule has 0 aliphatic rings. The lowest BCUT2D eigenvalue weighted by molar-refractivity contribution is 0.281. The fourth-order valence-corrected chi connectivity index (χ4v) is 1.03. The van der Waals surface area contributed by atoms with E-state index in [-0.39, 0.29) is 6.61 Å². The van der Waals surface area contributed by atoms with Crippen molar-refractivity contribution in [1.82, 2.24) is 0 Å². The van der Waals surface area contributed by atoms with Gasteiger partial charge in [-0.2, -0.15) is 0 Å². The Morgan fingerprint density at radius 2 is 2.09 bits per heavy atom. The molecule has 11 heavy (non-hydrogen) atoms. The molecule has 0 spiro atoms. The smallest absolute Gasteiger partial charge is 0.119 e. The summed E-state index contributed by atoms with van der Waals surface area (Å²) in [5, 5.41) is 8.83. The highest BCUT2D eigenvalue weighted by Crippen LogP contribution is 2.15. The Kier molecular flexibility index (Phi) is 2.49. The number of rotatable bonds is 2. The van der Waals surface area contributed by atoms with Crippen LogP contribution in [-0.4, -0.2) is 12.2 Å². The Hall–Kier alpha value is -1.02. The third kappa shape index (κ3) is 1.95. The quantitative estimate of drug-likeness (QED) is 0.695. The molecule has 2 heteroatoms. The second-order valence-corrected chi connectivity index (χ2v) is 2.52. The summed E-state index contributed by atoms with van der Waals surface area (Å²) in [6.45, 7) is 2.04. The fourth-order valence-electron chi connectivity index (χ4n) is 1.03. The van der Waals surface area contributed by atoms with Gasteiger partial charge >= 0.3 is 0 Å². The summed E-state index contributed by atoms with van der Waals surface area (Å²) >= 11 is 0. The van der Waals surface area contributed by atoms with Crippen molar-refractivity contribution < 1.29 is 9.84 Å². The lowest BCUT2D eigenvalue weighted by Gasteiger charge is -2.03. The van der Waals surface area contributed by atoms with Crippen LogP contribution in [0.4, 0.5) is 0 Å². The van der Waals surface area contributed by atoms with Crippen molar-refractivity contribution in [2.75, 3.05) is 7.11 Å². The molecule has 1 aromatic rings. The van der Waals surface area contributed by atoms with Crippen molar-refractivity contribution in [2.24, 2.45) is 0 Å². The third-order valence-corrected chi connectivity index (χ3v) is 1.53. The van der Waals surface area contributed by atoms with Crippen LogP contribution in [0.3, 0.4) is 0 Å². The first-order valence-corrected chi connectivity index (χ1v) is 3.51. The van der Waals surface area contributed by atoms with Crippen molar-refractivity contribution in [3.05, 3.63) is 29.3 Å². The maximum Gasteiger partial charge on any atom is 0.119 e. The molecule has 0 aliphatic carbocycles. The predicted molar refractivity (Wildman–Crippen MR) is 43.7 cm³/mol. The van der Waals surface area contributed by atoms with Crippen molar-refractivity contribution in [2.45, 2.75) is 13.5 Å². The van der Waals surface area contributed by atoms with Gasteiger partial charge in [-0.25, -0.2) is 0 Å². The Labute approximate surface area is 66.4 Å². The number of aliphatic hydroxyl groups is 1. The Morgan fingerprint density at radius 3 is 2.64 bits per heavy atom. The van der Waals surface area contributed by atoms with Crippen LogP contribution in [-0.2, 0) is 6.61 Å². The van der Waals surface area contributed by atoms with Gasteiger partial charge in [-0.3, -0.25) is 0 Å². The van der Waals surface area contributed by atoms with Gasteiger partial charge in [-0.05, 0) is 30.2 Å². The topological polar surface area (TPSA) is 29.5 Å². The largest absolute Gasteiger partial charge is 0.497 e. The van der Waals surface area contributed by atoms with Gasteiger partial charge in [-0.1, -0.05) is 6.07 Å². The lowest BCUT2D eigenvalue weighted by Crippen LogP contribution is -1.88. The fraction of sp³-hybridized carbons (Fsp3) is 0.333. The van der Waals surface area contributed by atoms with E-state index in [0.717, 1.165) is 16.9 Å². The SMILES string of the molecule is COc1cc(C)cc(CO)c1. The number of aryl methyl sites for hydroxylation is 1. The second-order valence-electron chi connectivity index (χ2n) is 2.52. The molecular formula is C9H12O2. The molecule has 0 bridgehead atoms. The van der Waals surface area contributed by atoms with Crippen LogP contribution < -0.4 is 4.74 Å². The van der Waals surface area contributed by atoms with Gasteiger partial charge in [0.15, 0.2) is 0 Å². The van der Waals surface area contributed by atoms with E-state index in [1.165, 1.54) is 0 Å². The number of hydrogen-bond donors (Lipinski definition) is 1. The summed E-state index contributed by atoms with van der Waals surface area (Å²) in [7, 11) is 1.62. The van der Waals surface area contributed by atoms with E-state index < -0.39 is 0 Å². The minimum atomic E-state index is 0.0675. The highest BCUT2D eigenvalue weighted by molar-refractivity contribution is 5.33. The Bertz CT molecular complexity index is 221. The molecule has 0 radical (unpaired) electrons. The molecule has 0 atom stereocenters. The molecule has 1 rings (SSSR count). The van der Waals surface area contributed by atoms with Gasteiger partial charge in [0, 0.05) is 0 Å². The second kappa shape index (κ2) is 3.39. The molecule has 0 saturated carbocycles. The van der Waals surface area contributed by atoms with Crippen LogP contribution in [0.15, 0.2) is 18.2 Å². The van der Waals surface area contributed by atoms with E-state index in [9.17, 15) is 0 Å². The van der Waals surface area contributed by atoms with Gasteiger partial charge in [0.2, 0.25) is 0 Å². The van der Waals surface area contributed by atoms with Gasteiger partial charge in [0.25, 0.3) is 0 Å². The number of methoxy groups -OCH3 is 1. The summed E-state index contributed by atoms with van der Waals surface area (Å²) in [5.74, 6) is 0.800. The normalized spacial score (nSPS) is 9.73. The monoisotopic (exact) mass is 152 g/mol. The molecule has 0 saturated heterocycles. The maximum atomic E-state index is 8.83. The Morgan fingerprint density at radius 1 is 1.36 bits per heavy atom. The first-order chi connectivity index (χ1) is 5.26. The first-order valence-electron chi connectivity index (χ1n) is 3.51. The van der Waals surface area contributed by atoms with Crippen molar-refractivity contribution in [1.29, 1.82) is 0 Å². The van der Waals surface area contributed by atoms with Crippen LogP contribution in [0.2, 0.25) is 0 Å². The van der Waals surface area contributed by atoms with Crippen molar-refractivity contribution >= 4 is 0 Å². The highest BCUT2D eigenvalue weighted by Gasteiger charge is 1.95. The Balaban J connectivity index is 3.02. The maximum absolute atomic E-state index is 8.83. The van der Waals surface area contributed by atoms with E-state index in [4.69, 9.17) is 9.84 Å². The zero-order valence-electron chi connectivity index (χ0n) is 6.79. The van der Waals surface area contributed by atoms with Crippen LogP contribution in [0.5, 0.6) is 5.75 Å². The van der Waals surface area contributed by atoms with Gasteiger partial charge in [0.05, 0.1) is 13.7 Å². The van der Waals surface area contributed by atoms with Crippen LogP contribution >= 0.6 is 0 Å². The summed E-state index contributed by atoms with van der Waals surface area (Å²) in [4.78, 5) is 0. The number of hydrogen-bond acceptors (Lipinski definition) is 2. The first kappa shape index (κ1) is 8.08. The zero-order chi connectivity index (χ0) is 8.27. The standard InChI is InChI=1S/C9H12O2/c1-7-3-8(6-10)5-9(4-7)11-2/h3-5,10H,6H2,1-2H3. The van der Waals surface area contributed by atoms with E-state index in [1.54, 1.807) is 7.11 Å². The third-order valence-electron chi connectivity index (χ3n) is 1.53. The van der Waals surface area contributed by atoms with Crippen LogP contribution in [0.1, 0.15) is 11.1 Å². The lowest BCUT2D eigenvalue weighted by atomic mass is 10.1. The molecule has 60 valence electrons. The molecule has 1 aromatic carbocycles. The summed E-state index contributed by atoms with van der Waals surface area (Å²) in [6.07, 6.45) is 0. The summed E-state index contributed by atoms with van der Waals surface area (Å²) in [6, 6.07) is 5.69. The van der Waals surface area contributed by atoms with Gasteiger partial charge in [0.1, 0.15) is 5.75 Å². The minimum Gasteiger partial charge on any atom is -0.497 e. The highest BCUT2D eigenvalue weighted by atomic mass is 16.5. The molecule has 0 heterocycles. The van der Waals surface area contributed by atoms with Crippen molar-refractivity contribution in [3.8, 4) is 5.75 Å². The molecule has 0 unspecified atom stereocenters. The number of aliphatic hydroxyl groups excluding tert-OH is 1. The molecule has 2 nitrogen and oxygen atoms in total. The predicted octanol–water partition coefficient (Wildman–Crippen LogP) is 1.50. The molecular weight excluding hydrogens is 140 g/mol. The van der Waals surface area contributed by atoms with Crippen LogP contribution in [0, 0.1) is 6.92 Å². The average Bonchev–Trinajstić information content (AvgIpc) is 2.03. The summed E-state index contributed by atoms with van der Waals surface area (Å²) in [5.41, 5.74) is 2.00. The van der Waals surface area contributed by atoms with E-state index in [2.05, 4.69) is 0 Å². The average molecular weight is 152 g/mol. The van der Waals surface area contributed by atoms with Crippen molar-refractivity contribution in [3.63, 3.8) is 0 Å². The molecule has 0 aliphatic heterocycles.